The Balaban J connectivity index is 0.00000121. The second-order valence-electron chi connectivity index (χ2n) is 5.79. The van der Waals surface area contributed by atoms with Gasteiger partial charge < -0.3 is 10.2 Å². The Morgan fingerprint density at radius 1 is 1.32 bits per heavy atom. The molecule has 3 rings (SSSR count). The van der Waals surface area contributed by atoms with E-state index in [2.05, 4.69) is 10.4 Å². The number of likely N-dealkylation sites (tertiary alicyclic amines) is 1. The zero-order chi connectivity index (χ0) is 13.9. The number of rotatable bonds is 3. The third-order valence-electron chi connectivity index (χ3n) is 4.31. The molecule has 0 bridgehead atoms. The number of amides is 1. The highest BCUT2D eigenvalue weighted by Gasteiger charge is 2.33. The lowest BCUT2D eigenvalue weighted by atomic mass is 9.96. The molecule has 2 aliphatic rings. The van der Waals surface area contributed by atoms with Crippen molar-refractivity contribution in [3.05, 3.63) is 18.5 Å². The van der Waals surface area contributed by atoms with Crippen molar-refractivity contribution in [3.63, 3.8) is 0 Å². The molecule has 126 valence electrons. The van der Waals surface area contributed by atoms with Crippen molar-refractivity contribution >= 4 is 30.7 Å². The van der Waals surface area contributed by atoms with E-state index in [1.165, 1.54) is 0 Å². The lowest BCUT2D eigenvalue weighted by molar-refractivity contribution is -0.134. The second-order valence-corrected chi connectivity index (χ2v) is 5.79. The molecule has 2 atom stereocenters. The van der Waals surface area contributed by atoms with Crippen LogP contribution in [-0.4, -0.2) is 52.4 Å². The van der Waals surface area contributed by atoms with Gasteiger partial charge in [0.1, 0.15) is 6.17 Å². The Morgan fingerprint density at radius 3 is 2.59 bits per heavy atom. The quantitative estimate of drug-likeness (QED) is 0.899. The van der Waals surface area contributed by atoms with Gasteiger partial charge in [-0.05, 0) is 24.8 Å². The number of carbonyl (C=O) groups is 1. The number of halogens is 3. The van der Waals surface area contributed by atoms with Crippen LogP contribution in [0.3, 0.4) is 0 Å². The van der Waals surface area contributed by atoms with Gasteiger partial charge in [0.05, 0.1) is 6.04 Å². The average Bonchev–Trinajstić information content (AvgIpc) is 3.10. The number of alkyl halides is 1. The summed E-state index contributed by atoms with van der Waals surface area (Å²) >= 11 is 0. The standard InChI is InChI=1S/C14H21FN4O.2ClH/c15-12-8-13(16-9-12)14(20)18-6-2-11(3-7-18)10-19-5-1-4-17-19;;/h1,4-5,11-13,16H,2-3,6-10H2;2*1H/t12-,13+;;/m0../s1. The van der Waals surface area contributed by atoms with Crippen LogP contribution in [0.1, 0.15) is 19.3 Å². The van der Waals surface area contributed by atoms with E-state index in [0.29, 0.717) is 18.9 Å². The van der Waals surface area contributed by atoms with E-state index in [1.54, 1.807) is 6.20 Å². The Hall–Kier alpha value is -0.850. The summed E-state index contributed by atoms with van der Waals surface area (Å²) in [5.41, 5.74) is 0. The SMILES string of the molecule is Cl.Cl.O=C([C@H]1C[C@H](F)CN1)N1CCC(Cn2cccn2)CC1. The summed E-state index contributed by atoms with van der Waals surface area (Å²) in [5.74, 6) is 0.645. The number of carbonyl (C=O) groups excluding carboxylic acids is 1. The molecule has 0 aromatic carbocycles. The summed E-state index contributed by atoms with van der Waals surface area (Å²) < 4.78 is 15.1. The highest BCUT2D eigenvalue weighted by molar-refractivity contribution is 5.85. The van der Waals surface area contributed by atoms with Gasteiger partial charge in [-0.15, -0.1) is 24.8 Å². The normalized spacial score (nSPS) is 25.4. The van der Waals surface area contributed by atoms with Gasteiger partial charge in [-0.25, -0.2) is 4.39 Å². The molecule has 3 heterocycles. The maximum absolute atomic E-state index is 13.1. The first-order valence-electron chi connectivity index (χ1n) is 7.36. The number of hydrogen-bond donors (Lipinski definition) is 1. The van der Waals surface area contributed by atoms with Gasteiger partial charge in [-0.1, -0.05) is 0 Å². The van der Waals surface area contributed by atoms with Crippen LogP contribution in [0.4, 0.5) is 4.39 Å². The minimum atomic E-state index is -0.874. The van der Waals surface area contributed by atoms with Gasteiger partial charge in [0.15, 0.2) is 0 Å². The van der Waals surface area contributed by atoms with E-state index in [9.17, 15) is 9.18 Å². The first-order valence-corrected chi connectivity index (χ1v) is 7.36. The summed E-state index contributed by atoms with van der Waals surface area (Å²) in [7, 11) is 0. The van der Waals surface area contributed by atoms with Crippen LogP contribution in [-0.2, 0) is 11.3 Å². The van der Waals surface area contributed by atoms with E-state index >= 15 is 0 Å². The van der Waals surface area contributed by atoms with Crippen LogP contribution < -0.4 is 5.32 Å². The number of nitrogens with zero attached hydrogens (tertiary/aromatic N) is 3. The van der Waals surface area contributed by atoms with Gasteiger partial charge in [0.2, 0.25) is 5.91 Å². The van der Waals surface area contributed by atoms with Crippen molar-refractivity contribution in [1.29, 1.82) is 0 Å². The fourth-order valence-electron chi connectivity index (χ4n) is 3.11. The minimum Gasteiger partial charge on any atom is -0.341 e. The van der Waals surface area contributed by atoms with Crippen molar-refractivity contribution in [2.45, 2.75) is 38.0 Å². The Bertz CT molecular complexity index is 452. The third-order valence-corrected chi connectivity index (χ3v) is 4.31. The van der Waals surface area contributed by atoms with E-state index in [1.807, 2.05) is 21.8 Å². The predicted molar refractivity (Wildman–Crippen MR) is 87.3 cm³/mol. The molecule has 2 saturated heterocycles. The highest BCUT2D eigenvalue weighted by Crippen LogP contribution is 2.21. The molecule has 2 fully saturated rings. The van der Waals surface area contributed by atoms with Gasteiger partial charge in [0.25, 0.3) is 0 Å². The topological polar surface area (TPSA) is 50.2 Å². The number of piperidine rings is 1. The second kappa shape index (κ2) is 8.70. The average molecular weight is 353 g/mol. The third kappa shape index (κ3) is 4.57. The predicted octanol–water partition coefficient (Wildman–Crippen LogP) is 1.67. The molecule has 1 amide bonds. The molecular formula is C14H23Cl2FN4O. The highest BCUT2D eigenvalue weighted by atomic mass is 35.5. The number of hydrogen-bond acceptors (Lipinski definition) is 3. The van der Waals surface area contributed by atoms with Crippen molar-refractivity contribution in [2.24, 2.45) is 5.92 Å². The van der Waals surface area contributed by atoms with Crippen LogP contribution >= 0.6 is 24.8 Å². The van der Waals surface area contributed by atoms with Crippen LogP contribution in [0.2, 0.25) is 0 Å². The van der Waals surface area contributed by atoms with Crippen LogP contribution in [0.5, 0.6) is 0 Å². The summed E-state index contributed by atoms with van der Waals surface area (Å²) in [4.78, 5) is 14.1. The molecule has 22 heavy (non-hydrogen) atoms. The maximum atomic E-state index is 13.1. The molecule has 5 nitrogen and oxygen atoms in total. The molecule has 0 spiro atoms. The fraction of sp³-hybridized carbons (Fsp3) is 0.714. The summed E-state index contributed by atoms with van der Waals surface area (Å²) in [5, 5.41) is 7.19. The lowest BCUT2D eigenvalue weighted by Crippen LogP contribution is -2.47. The van der Waals surface area contributed by atoms with Gasteiger partial charge in [-0.3, -0.25) is 9.48 Å². The zero-order valence-corrected chi connectivity index (χ0v) is 14.0. The zero-order valence-electron chi connectivity index (χ0n) is 12.4. The lowest BCUT2D eigenvalue weighted by Gasteiger charge is -2.33. The van der Waals surface area contributed by atoms with E-state index < -0.39 is 6.17 Å². The van der Waals surface area contributed by atoms with Gasteiger partial charge >= 0.3 is 0 Å². The van der Waals surface area contributed by atoms with Gasteiger partial charge in [0, 0.05) is 45.0 Å². The Kier molecular flexibility index (Phi) is 7.59. The van der Waals surface area contributed by atoms with E-state index in [0.717, 1.165) is 32.5 Å². The molecule has 2 aliphatic heterocycles. The summed E-state index contributed by atoms with van der Waals surface area (Å²) in [6.45, 7) is 2.79. The van der Waals surface area contributed by atoms with Crippen molar-refractivity contribution in [2.75, 3.05) is 19.6 Å². The number of aromatic nitrogens is 2. The maximum Gasteiger partial charge on any atom is 0.239 e. The molecule has 1 aromatic heterocycles. The van der Waals surface area contributed by atoms with E-state index in [4.69, 9.17) is 0 Å². The Labute approximate surface area is 142 Å². The van der Waals surface area contributed by atoms with Crippen molar-refractivity contribution in [3.8, 4) is 0 Å². The number of nitrogens with one attached hydrogen (secondary N) is 1. The first-order chi connectivity index (χ1) is 9.72. The minimum absolute atomic E-state index is 0. The van der Waals surface area contributed by atoms with Gasteiger partial charge in [-0.2, -0.15) is 5.10 Å². The molecule has 1 aromatic rings. The van der Waals surface area contributed by atoms with E-state index in [-0.39, 0.29) is 36.8 Å². The summed E-state index contributed by atoms with van der Waals surface area (Å²) in [6.07, 6.45) is 5.21. The molecule has 1 N–H and O–H groups in total. The largest absolute Gasteiger partial charge is 0.341 e. The van der Waals surface area contributed by atoms with Crippen LogP contribution in [0.15, 0.2) is 18.5 Å². The fourth-order valence-corrected chi connectivity index (χ4v) is 3.11. The van der Waals surface area contributed by atoms with Crippen molar-refractivity contribution in [1.82, 2.24) is 20.0 Å². The summed E-state index contributed by atoms with van der Waals surface area (Å²) in [6, 6.07) is 1.62. The van der Waals surface area contributed by atoms with Crippen molar-refractivity contribution < 1.29 is 9.18 Å². The Morgan fingerprint density at radius 2 is 2.05 bits per heavy atom. The molecule has 0 aliphatic carbocycles. The molecular weight excluding hydrogens is 330 g/mol. The molecule has 0 unspecified atom stereocenters. The molecule has 8 heteroatoms. The first kappa shape index (κ1) is 19.2. The van der Waals surface area contributed by atoms with Crippen LogP contribution in [0, 0.1) is 5.92 Å². The smallest absolute Gasteiger partial charge is 0.239 e. The molecule has 0 radical (unpaired) electrons. The molecule has 0 saturated carbocycles. The monoisotopic (exact) mass is 352 g/mol. The van der Waals surface area contributed by atoms with Crippen LogP contribution in [0.25, 0.3) is 0 Å².